The molecule has 20 heavy (non-hydrogen) atoms. The number of para-hydroxylation sites is 1. The van der Waals surface area contributed by atoms with E-state index in [1.165, 1.54) is 5.56 Å². The Morgan fingerprint density at radius 3 is 2.80 bits per heavy atom. The number of anilines is 1. The summed E-state index contributed by atoms with van der Waals surface area (Å²) in [6.45, 7) is 9.54. The molecular weight excluding hydrogens is 248 g/mol. The third-order valence-electron chi connectivity index (χ3n) is 4.43. The minimum atomic E-state index is -0.0999. The lowest BCUT2D eigenvalue weighted by Crippen LogP contribution is -2.44. The van der Waals surface area contributed by atoms with Gasteiger partial charge in [-0.05, 0) is 35.8 Å². The quantitative estimate of drug-likeness (QED) is 0.888. The first-order valence-corrected chi connectivity index (χ1v) is 7.50. The average molecular weight is 274 g/mol. The van der Waals surface area contributed by atoms with Gasteiger partial charge in [-0.15, -0.1) is 0 Å². The van der Waals surface area contributed by atoms with Gasteiger partial charge in [-0.25, -0.2) is 0 Å². The maximum absolute atomic E-state index is 12.3. The number of hydrogen-bond donors (Lipinski definition) is 2. The predicted molar refractivity (Wildman–Crippen MR) is 83.8 cm³/mol. The van der Waals surface area contributed by atoms with Crippen molar-refractivity contribution in [3.63, 3.8) is 0 Å². The highest BCUT2D eigenvalue weighted by atomic mass is 16.2. The van der Waals surface area contributed by atoms with Gasteiger partial charge in [0.15, 0.2) is 0 Å². The molecule has 3 heteroatoms. The van der Waals surface area contributed by atoms with Crippen molar-refractivity contribution in [2.75, 3.05) is 11.9 Å². The van der Waals surface area contributed by atoms with Crippen LogP contribution in [0.25, 0.3) is 0 Å². The van der Waals surface area contributed by atoms with Crippen molar-refractivity contribution in [3.8, 4) is 0 Å². The van der Waals surface area contributed by atoms with Crippen molar-refractivity contribution < 1.29 is 4.79 Å². The topological polar surface area (TPSA) is 41.1 Å². The maximum Gasteiger partial charge on any atom is 0.242 e. The monoisotopic (exact) mass is 274 g/mol. The largest absolute Gasteiger partial charge is 0.373 e. The summed E-state index contributed by atoms with van der Waals surface area (Å²) in [5, 5.41) is 6.44. The molecule has 0 aliphatic carbocycles. The van der Waals surface area contributed by atoms with Crippen LogP contribution in [0.5, 0.6) is 0 Å². The minimum absolute atomic E-state index is 0.0999. The molecule has 1 aliphatic rings. The van der Waals surface area contributed by atoms with Crippen LogP contribution in [0, 0.1) is 11.3 Å². The third-order valence-corrected chi connectivity index (χ3v) is 4.43. The van der Waals surface area contributed by atoms with Gasteiger partial charge >= 0.3 is 0 Å². The van der Waals surface area contributed by atoms with Crippen molar-refractivity contribution in [1.82, 2.24) is 5.32 Å². The molecule has 0 aromatic heterocycles. The Labute approximate surface area is 122 Å². The first kappa shape index (κ1) is 14.9. The first-order valence-electron chi connectivity index (χ1n) is 7.50. The van der Waals surface area contributed by atoms with E-state index < -0.39 is 0 Å². The third kappa shape index (κ3) is 3.53. The second kappa shape index (κ2) is 5.86. The molecule has 1 aromatic carbocycles. The first-order chi connectivity index (χ1) is 9.38. The molecule has 0 saturated carbocycles. The summed E-state index contributed by atoms with van der Waals surface area (Å²) in [5.41, 5.74) is 2.63. The van der Waals surface area contributed by atoms with Crippen molar-refractivity contribution >= 4 is 11.6 Å². The summed E-state index contributed by atoms with van der Waals surface area (Å²) in [7, 11) is 0. The van der Waals surface area contributed by atoms with Crippen molar-refractivity contribution in [2.24, 2.45) is 11.3 Å². The van der Waals surface area contributed by atoms with Crippen LogP contribution in [0.1, 0.15) is 39.7 Å². The molecule has 2 rings (SSSR count). The van der Waals surface area contributed by atoms with E-state index >= 15 is 0 Å². The van der Waals surface area contributed by atoms with Crippen LogP contribution < -0.4 is 10.6 Å². The number of rotatable bonds is 3. The summed E-state index contributed by atoms with van der Waals surface area (Å²) in [6, 6.07) is 8.13. The zero-order valence-electron chi connectivity index (χ0n) is 13.0. The van der Waals surface area contributed by atoms with Gasteiger partial charge in [0, 0.05) is 12.2 Å². The second-order valence-corrected chi connectivity index (χ2v) is 6.90. The Morgan fingerprint density at radius 2 is 2.10 bits per heavy atom. The molecule has 2 unspecified atom stereocenters. The minimum Gasteiger partial charge on any atom is -0.373 e. The number of hydrogen-bond acceptors (Lipinski definition) is 2. The van der Waals surface area contributed by atoms with Gasteiger partial charge in [0.05, 0.1) is 0 Å². The molecule has 0 radical (unpaired) electrons. The molecule has 2 N–H and O–H groups in total. The van der Waals surface area contributed by atoms with E-state index in [4.69, 9.17) is 0 Å². The standard InChI is InChI=1S/C17H26N2O/c1-12(17(2,3)4)11-18-16(20)15-10-9-13-7-5-6-8-14(13)19-15/h5-8,12,15,19H,9-11H2,1-4H3,(H,18,20). The fourth-order valence-corrected chi connectivity index (χ4v) is 2.32. The Bertz CT molecular complexity index is 476. The zero-order valence-corrected chi connectivity index (χ0v) is 13.0. The van der Waals surface area contributed by atoms with Crippen LogP contribution in [0.15, 0.2) is 24.3 Å². The van der Waals surface area contributed by atoms with Crippen LogP contribution >= 0.6 is 0 Å². The summed E-state index contributed by atoms with van der Waals surface area (Å²) >= 11 is 0. The van der Waals surface area contributed by atoms with E-state index in [2.05, 4.69) is 44.4 Å². The molecule has 0 fully saturated rings. The van der Waals surface area contributed by atoms with Gasteiger partial charge in [-0.3, -0.25) is 4.79 Å². The lowest BCUT2D eigenvalue weighted by molar-refractivity contribution is -0.122. The van der Waals surface area contributed by atoms with Crippen LogP contribution in [-0.4, -0.2) is 18.5 Å². The van der Waals surface area contributed by atoms with Gasteiger partial charge in [-0.2, -0.15) is 0 Å². The number of aryl methyl sites for hydroxylation is 1. The molecule has 0 bridgehead atoms. The highest BCUT2D eigenvalue weighted by Gasteiger charge is 2.25. The summed E-state index contributed by atoms with van der Waals surface area (Å²) < 4.78 is 0. The zero-order chi connectivity index (χ0) is 14.8. The van der Waals surface area contributed by atoms with E-state index in [0.717, 1.165) is 25.1 Å². The molecule has 0 spiro atoms. The fourth-order valence-electron chi connectivity index (χ4n) is 2.32. The van der Waals surface area contributed by atoms with E-state index in [0.29, 0.717) is 5.92 Å². The molecule has 3 nitrogen and oxygen atoms in total. The van der Waals surface area contributed by atoms with Gasteiger partial charge in [0.1, 0.15) is 6.04 Å². The molecule has 1 aromatic rings. The number of carbonyl (C=O) groups is 1. The van der Waals surface area contributed by atoms with E-state index in [1.807, 2.05) is 18.2 Å². The SMILES string of the molecule is CC(CNC(=O)C1CCc2ccccc2N1)C(C)(C)C. The Hall–Kier alpha value is -1.51. The number of fused-ring (bicyclic) bond motifs is 1. The van der Waals surface area contributed by atoms with Crippen LogP contribution in [0.3, 0.4) is 0 Å². The van der Waals surface area contributed by atoms with Crippen LogP contribution in [-0.2, 0) is 11.2 Å². The maximum atomic E-state index is 12.3. The molecule has 2 atom stereocenters. The predicted octanol–water partition coefficient (Wildman–Crippen LogP) is 3.21. The Morgan fingerprint density at radius 1 is 1.40 bits per heavy atom. The normalized spacial score (nSPS) is 19.7. The second-order valence-electron chi connectivity index (χ2n) is 6.90. The number of amides is 1. The molecule has 1 heterocycles. The Kier molecular flexibility index (Phi) is 4.36. The van der Waals surface area contributed by atoms with E-state index in [-0.39, 0.29) is 17.4 Å². The molecule has 0 saturated heterocycles. The van der Waals surface area contributed by atoms with Crippen LogP contribution in [0.4, 0.5) is 5.69 Å². The molecule has 1 aliphatic heterocycles. The summed E-state index contributed by atoms with van der Waals surface area (Å²) in [4.78, 5) is 12.3. The lowest BCUT2D eigenvalue weighted by atomic mass is 9.82. The summed E-state index contributed by atoms with van der Waals surface area (Å²) in [6.07, 6.45) is 1.84. The van der Waals surface area contributed by atoms with Crippen LogP contribution in [0.2, 0.25) is 0 Å². The smallest absolute Gasteiger partial charge is 0.242 e. The molecular formula is C17H26N2O. The summed E-state index contributed by atoms with van der Waals surface area (Å²) in [5.74, 6) is 0.581. The number of benzene rings is 1. The number of carbonyl (C=O) groups excluding carboxylic acids is 1. The van der Waals surface area contributed by atoms with Gasteiger partial charge in [0.25, 0.3) is 0 Å². The molecule has 1 amide bonds. The Balaban J connectivity index is 1.89. The van der Waals surface area contributed by atoms with E-state index in [9.17, 15) is 4.79 Å². The average Bonchev–Trinajstić information content (AvgIpc) is 2.42. The van der Waals surface area contributed by atoms with Gasteiger partial charge in [0.2, 0.25) is 5.91 Å². The highest BCUT2D eigenvalue weighted by molar-refractivity contribution is 5.85. The highest BCUT2D eigenvalue weighted by Crippen LogP contribution is 2.26. The number of nitrogens with one attached hydrogen (secondary N) is 2. The van der Waals surface area contributed by atoms with Gasteiger partial charge in [-0.1, -0.05) is 45.9 Å². The lowest BCUT2D eigenvalue weighted by Gasteiger charge is -2.30. The van der Waals surface area contributed by atoms with Crippen molar-refractivity contribution in [2.45, 2.75) is 46.6 Å². The fraction of sp³-hybridized carbons (Fsp3) is 0.588. The molecule has 110 valence electrons. The van der Waals surface area contributed by atoms with Gasteiger partial charge < -0.3 is 10.6 Å². The van der Waals surface area contributed by atoms with E-state index in [1.54, 1.807) is 0 Å². The van der Waals surface area contributed by atoms with Crippen molar-refractivity contribution in [3.05, 3.63) is 29.8 Å². The van der Waals surface area contributed by atoms with Crippen molar-refractivity contribution in [1.29, 1.82) is 0 Å².